The summed E-state index contributed by atoms with van der Waals surface area (Å²) in [6.07, 6.45) is 10.3. The van der Waals surface area contributed by atoms with Crippen molar-refractivity contribution in [1.82, 2.24) is 0 Å². The van der Waals surface area contributed by atoms with Crippen molar-refractivity contribution in [1.29, 1.82) is 0 Å². The molecular formula is C17H16O4. The second-order valence-corrected chi connectivity index (χ2v) is 4.86. The number of hydrogen-bond acceptors (Lipinski definition) is 4. The summed E-state index contributed by atoms with van der Waals surface area (Å²) in [4.78, 5) is 12.2. The predicted octanol–water partition coefficient (Wildman–Crippen LogP) is 3.26. The van der Waals surface area contributed by atoms with Gasteiger partial charge in [-0.1, -0.05) is 12.2 Å². The van der Waals surface area contributed by atoms with E-state index in [1.807, 2.05) is 24.3 Å². The molecule has 0 saturated carbocycles. The summed E-state index contributed by atoms with van der Waals surface area (Å²) < 4.78 is 15.6. The van der Waals surface area contributed by atoms with Crippen molar-refractivity contribution in [3.63, 3.8) is 0 Å². The number of hydrogen-bond donors (Lipinski definition) is 0. The molecule has 1 aromatic carbocycles. The van der Waals surface area contributed by atoms with Crippen molar-refractivity contribution in [3.05, 3.63) is 59.9 Å². The second kappa shape index (κ2) is 5.87. The van der Waals surface area contributed by atoms with Crippen LogP contribution in [0.15, 0.2) is 54.3 Å². The van der Waals surface area contributed by atoms with Crippen LogP contribution in [0.5, 0.6) is 11.5 Å². The molecule has 4 heteroatoms. The Morgan fingerprint density at radius 1 is 1.33 bits per heavy atom. The molecule has 1 atom stereocenters. The van der Waals surface area contributed by atoms with Gasteiger partial charge in [-0.15, -0.1) is 0 Å². The van der Waals surface area contributed by atoms with Crippen molar-refractivity contribution >= 4 is 5.78 Å². The van der Waals surface area contributed by atoms with Gasteiger partial charge in [0.05, 0.1) is 7.11 Å². The Morgan fingerprint density at radius 2 is 2.19 bits per heavy atom. The van der Waals surface area contributed by atoms with E-state index in [-0.39, 0.29) is 18.5 Å². The zero-order valence-electron chi connectivity index (χ0n) is 11.7. The summed E-state index contributed by atoms with van der Waals surface area (Å²) in [6.45, 7) is 0.212. The van der Waals surface area contributed by atoms with Gasteiger partial charge in [-0.25, -0.2) is 0 Å². The highest BCUT2D eigenvalue weighted by Crippen LogP contribution is 2.32. The Balaban J connectivity index is 1.65. The van der Waals surface area contributed by atoms with Crippen molar-refractivity contribution in [3.8, 4) is 11.5 Å². The summed E-state index contributed by atoms with van der Waals surface area (Å²) >= 11 is 0. The van der Waals surface area contributed by atoms with E-state index < -0.39 is 0 Å². The molecule has 2 aliphatic rings. The fraction of sp³-hybridized carbons (Fsp3) is 0.235. The number of carbonyl (C=O) groups is 1. The number of ether oxygens (including phenoxy) is 3. The van der Waals surface area contributed by atoms with Gasteiger partial charge in [-0.05, 0) is 48.8 Å². The van der Waals surface area contributed by atoms with Crippen molar-refractivity contribution < 1.29 is 19.0 Å². The zero-order chi connectivity index (χ0) is 14.7. The van der Waals surface area contributed by atoms with E-state index in [1.54, 1.807) is 31.4 Å². The maximum Gasteiger partial charge on any atom is 0.231 e. The number of methoxy groups -OCH3 is 1. The smallest absolute Gasteiger partial charge is 0.231 e. The molecule has 0 bridgehead atoms. The van der Waals surface area contributed by atoms with Crippen LogP contribution in [0, 0.1) is 5.92 Å². The summed E-state index contributed by atoms with van der Waals surface area (Å²) in [5, 5.41) is 0. The number of benzene rings is 1. The molecule has 4 nitrogen and oxygen atoms in total. The van der Waals surface area contributed by atoms with E-state index in [0.29, 0.717) is 17.1 Å². The molecule has 1 heterocycles. The minimum absolute atomic E-state index is 0.0387. The molecule has 0 amide bonds. The lowest BCUT2D eigenvalue weighted by Crippen LogP contribution is -2.00. The number of allylic oxidation sites excluding steroid dienone is 5. The molecule has 0 N–H and O–H groups in total. The zero-order valence-corrected chi connectivity index (χ0v) is 11.7. The van der Waals surface area contributed by atoms with Crippen molar-refractivity contribution in [2.24, 2.45) is 5.92 Å². The molecule has 0 fully saturated rings. The fourth-order valence-corrected chi connectivity index (χ4v) is 2.27. The van der Waals surface area contributed by atoms with E-state index >= 15 is 0 Å². The first-order valence-corrected chi connectivity index (χ1v) is 6.81. The van der Waals surface area contributed by atoms with Crippen LogP contribution >= 0.6 is 0 Å². The summed E-state index contributed by atoms with van der Waals surface area (Å²) in [6, 6.07) is 5.23. The largest absolute Gasteiger partial charge is 0.497 e. The lowest BCUT2D eigenvalue weighted by molar-refractivity contribution is 0.104. The highest BCUT2D eigenvalue weighted by Gasteiger charge is 2.15. The quantitative estimate of drug-likeness (QED) is 0.629. The fourth-order valence-electron chi connectivity index (χ4n) is 2.27. The maximum atomic E-state index is 12.2. The first kappa shape index (κ1) is 13.5. The molecule has 1 aliphatic heterocycles. The van der Waals surface area contributed by atoms with E-state index in [4.69, 9.17) is 14.2 Å². The van der Waals surface area contributed by atoms with Crippen molar-refractivity contribution in [2.75, 3.05) is 13.9 Å². The molecule has 3 rings (SSSR count). The van der Waals surface area contributed by atoms with Crippen LogP contribution in [0.25, 0.3) is 0 Å². The Labute approximate surface area is 123 Å². The Kier molecular flexibility index (Phi) is 3.77. The van der Waals surface area contributed by atoms with Crippen LogP contribution in [-0.4, -0.2) is 19.7 Å². The number of ketones is 1. The van der Waals surface area contributed by atoms with E-state index in [1.165, 1.54) is 0 Å². The predicted molar refractivity (Wildman–Crippen MR) is 78.4 cm³/mol. The van der Waals surface area contributed by atoms with Gasteiger partial charge in [-0.2, -0.15) is 0 Å². The summed E-state index contributed by atoms with van der Waals surface area (Å²) in [7, 11) is 1.65. The third-order valence-electron chi connectivity index (χ3n) is 3.49. The summed E-state index contributed by atoms with van der Waals surface area (Å²) in [5.74, 6) is 2.36. The molecular weight excluding hydrogens is 268 g/mol. The average Bonchev–Trinajstić information content (AvgIpc) is 3.00. The van der Waals surface area contributed by atoms with Crippen LogP contribution in [0.2, 0.25) is 0 Å². The highest BCUT2D eigenvalue weighted by molar-refractivity contribution is 6.05. The van der Waals surface area contributed by atoms with Crippen LogP contribution < -0.4 is 9.47 Å². The van der Waals surface area contributed by atoms with Gasteiger partial charge in [0, 0.05) is 5.56 Å². The number of fused-ring (bicyclic) bond motifs is 1. The monoisotopic (exact) mass is 284 g/mol. The molecule has 0 saturated heterocycles. The van der Waals surface area contributed by atoms with Gasteiger partial charge in [0.1, 0.15) is 5.76 Å². The maximum absolute atomic E-state index is 12.2. The van der Waals surface area contributed by atoms with Crippen LogP contribution in [-0.2, 0) is 4.74 Å². The first-order valence-electron chi connectivity index (χ1n) is 6.81. The topological polar surface area (TPSA) is 44.8 Å². The molecule has 1 aliphatic carbocycles. The molecule has 1 aromatic rings. The summed E-state index contributed by atoms with van der Waals surface area (Å²) in [5.41, 5.74) is 0.600. The lowest BCUT2D eigenvalue weighted by Gasteiger charge is -2.11. The standard InChI is InChI=1S/C17H16O4/c1-19-14-6-2-12(3-7-14)4-8-15(18)13-5-9-16-17(10-13)21-11-20-16/h2,4-10,12H,3,11H2,1H3. The van der Waals surface area contributed by atoms with Crippen molar-refractivity contribution in [2.45, 2.75) is 6.42 Å². The van der Waals surface area contributed by atoms with E-state index in [9.17, 15) is 4.79 Å². The van der Waals surface area contributed by atoms with Gasteiger partial charge < -0.3 is 14.2 Å². The van der Waals surface area contributed by atoms with Gasteiger partial charge in [0.15, 0.2) is 17.3 Å². The minimum atomic E-state index is -0.0387. The van der Waals surface area contributed by atoms with Gasteiger partial charge in [0.2, 0.25) is 6.79 Å². The van der Waals surface area contributed by atoms with Crippen LogP contribution in [0.1, 0.15) is 16.8 Å². The highest BCUT2D eigenvalue weighted by atomic mass is 16.7. The molecule has 21 heavy (non-hydrogen) atoms. The molecule has 0 radical (unpaired) electrons. The van der Waals surface area contributed by atoms with E-state index in [2.05, 4.69) is 0 Å². The molecule has 0 spiro atoms. The third-order valence-corrected chi connectivity index (χ3v) is 3.49. The van der Waals surface area contributed by atoms with Gasteiger partial charge in [-0.3, -0.25) is 4.79 Å². The van der Waals surface area contributed by atoms with Crippen LogP contribution in [0.3, 0.4) is 0 Å². The Hall–Kier alpha value is -2.49. The van der Waals surface area contributed by atoms with Crippen LogP contribution in [0.4, 0.5) is 0 Å². The first-order chi connectivity index (χ1) is 10.3. The van der Waals surface area contributed by atoms with Gasteiger partial charge >= 0.3 is 0 Å². The SMILES string of the molecule is COC1=CCC(C=CC(=O)c2ccc3c(c2)OCO3)C=C1. The Bertz CT molecular complexity index is 640. The normalized spacial score (nSPS) is 19.7. The molecule has 0 aromatic heterocycles. The molecule has 1 unspecified atom stereocenters. The van der Waals surface area contributed by atoms with E-state index in [0.717, 1.165) is 12.2 Å². The van der Waals surface area contributed by atoms with Gasteiger partial charge in [0.25, 0.3) is 0 Å². The lowest BCUT2D eigenvalue weighted by atomic mass is 9.98. The third kappa shape index (κ3) is 2.99. The number of carbonyl (C=O) groups excluding carboxylic acids is 1. The Morgan fingerprint density at radius 3 is 2.95 bits per heavy atom. The second-order valence-electron chi connectivity index (χ2n) is 4.86. The minimum Gasteiger partial charge on any atom is -0.497 e. The average molecular weight is 284 g/mol. The number of rotatable bonds is 4. The molecule has 108 valence electrons.